The molecular formula is C12H7Cl2N3. The van der Waals surface area contributed by atoms with Crippen LogP contribution >= 0.6 is 23.2 Å². The van der Waals surface area contributed by atoms with Gasteiger partial charge in [-0.1, -0.05) is 53.5 Å². The summed E-state index contributed by atoms with van der Waals surface area (Å²) in [5, 5.41) is 0.853. The van der Waals surface area contributed by atoms with E-state index in [1.165, 1.54) is 0 Å². The number of benzene rings is 1. The lowest BCUT2D eigenvalue weighted by molar-refractivity contribution is 1.13. The smallest absolute Gasteiger partial charge is 0.176 e. The molecule has 0 bridgehead atoms. The summed E-state index contributed by atoms with van der Waals surface area (Å²) in [6.07, 6.45) is 3.40. The van der Waals surface area contributed by atoms with Crippen LogP contribution in [-0.4, -0.2) is 14.4 Å². The number of hydrogen-bond donors (Lipinski definition) is 0. The SMILES string of the molecule is Clc1nc(-c2ccccc2)c(Cl)n2ccnc12. The van der Waals surface area contributed by atoms with Crippen molar-refractivity contribution >= 4 is 28.8 Å². The van der Waals surface area contributed by atoms with Gasteiger partial charge in [-0.05, 0) is 0 Å². The largest absolute Gasteiger partial charge is 0.286 e. The number of nitrogens with zero attached hydrogens (tertiary/aromatic N) is 3. The Labute approximate surface area is 108 Å². The van der Waals surface area contributed by atoms with Crippen LogP contribution in [-0.2, 0) is 0 Å². The zero-order valence-corrected chi connectivity index (χ0v) is 10.2. The third kappa shape index (κ3) is 1.68. The first kappa shape index (κ1) is 10.6. The van der Waals surface area contributed by atoms with Crippen LogP contribution in [0.15, 0.2) is 42.7 Å². The fraction of sp³-hybridized carbons (Fsp3) is 0. The van der Waals surface area contributed by atoms with Crippen LogP contribution in [0.5, 0.6) is 0 Å². The van der Waals surface area contributed by atoms with Crippen molar-refractivity contribution in [1.29, 1.82) is 0 Å². The van der Waals surface area contributed by atoms with E-state index in [0.29, 0.717) is 21.6 Å². The second-order valence-electron chi connectivity index (χ2n) is 3.53. The van der Waals surface area contributed by atoms with Gasteiger partial charge < -0.3 is 0 Å². The Bertz CT molecular complexity index is 677. The van der Waals surface area contributed by atoms with Crippen LogP contribution < -0.4 is 0 Å². The highest BCUT2D eigenvalue weighted by Crippen LogP contribution is 2.29. The van der Waals surface area contributed by atoms with Crippen molar-refractivity contribution in [3.8, 4) is 11.3 Å². The van der Waals surface area contributed by atoms with E-state index in [2.05, 4.69) is 9.97 Å². The van der Waals surface area contributed by atoms with Crippen molar-refractivity contribution in [3.05, 3.63) is 53.0 Å². The standard InChI is InChI=1S/C12H7Cl2N3/c13-10-12-15-6-7-17(12)11(14)9(16-10)8-4-2-1-3-5-8/h1-7H. The average Bonchev–Trinajstić information content (AvgIpc) is 2.85. The quantitative estimate of drug-likeness (QED) is 0.670. The summed E-state index contributed by atoms with van der Waals surface area (Å²) >= 11 is 12.4. The number of rotatable bonds is 1. The summed E-state index contributed by atoms with van der Waals surface area (Å²) in [5.41, 5.74) is 2.15. The summed E-state index contributed by atoms with van der Waals surface area (Å²) in [6.45, 7) is 0. The van der Waals surface area contributed by atoms with Gasteiger partial charge in [0, 0.05) is 18.0 Å². The fourth-order valence-electron chi connectivity index (χ4n) is 1.70. The zero-order chi connectivity index (χ0) is 11.8. The van der Waals surface area contributed by atoms with Crippen LogP contribution in [0.3, 0.4) is 0 Å². The van der Waals surface area contributed by atoms with Crippen LogP contribution in [0.2, 0.25) is 10.3 Å². The van der Waals surface area contributed by atoms with Gasteiger partial charge in [-0.2, -0.15) is 0 Å². The van der Waals surface area contributed by atoms with Gasteiger partial charge in [0.1, 0.15) is 10.8 Å². The van der Waals surface area contributed by atoms with E-state index in [9.17, 15) is 0 Å². The molecule has 0 fully saturated rings. The molecule has 0 aliphatic carbocycles. The van der Waals surface area contributed by atoms with Gasteiger partial charge in [-0.25, -0.2) is 9.97 Å². The van der Waals surface area contributed by atoms with E-state index >= 15 is 0 Å². The second-order valence-corrected chi connectivity index (χ2v) is 4.24. The van der Waals surface area contributed by atoms with Gasteiger partial charge >= 0.3 is 0 Å². The molecule has 2 aromatic heterocycles. The van der Waals surface area contributed by atoms with Gasteiger partial charge in [0.05, 0.1) is 0 Å². The Morgan fingerprint density at radius 1 is 1.06 bits per heavy atom. The molecule has 2 heterocycles. The highest BCUT2D eigenvalue weighted by molar-refractivity contribution is 6.35. The molecule has 0 aliphatic heterocycles. The molecule has 0 spiro atoms. The molecule has 0 saturated heterocycles. The van der Waals surface area contributed by atoms with Gasteiger partial charge in [-0.15, -0.1) is 0 Å². The van der Waals surface area contributed by atoms with Crippen molar-refractivity contribution in [2.75, 3.05) is 0 Å². The van der Waals surface area contributed by atoms with Crippen molar-refractivity contribution in [3.63, 3.8) is 0 Å². The predicted octanol–water partition coefficient (Wildman–Crippen LogP) is 3.70. The molecule has 0 atom stereocenters. The van der Waals surface area contributed by atoms with Gasteiger partial charge in [0.25, 0.3) is 0 Å². The maximum atomic E-state index is 6.29. The van der Waals surface area contributed by atoms with Gasteiger partial charge in [-0.3, -0.25) is 4.40 Å². The average molecular weight is 264 g/mol. The second kappa shape index (κ2) is 4.02. The lowest BCUT2D eigenvalue weighted by Crippen LogP contribution is -1.95. The van der Waals surface area contributed by atoms with Crippen LogP contribution in [0, 0.1) is 0 Å². The molecule has 3 nitrogen and oxygen atoms in total. The molecule has 0 aliphatic rings. The summed E-state index contributed by atoms with van der Waals surface area (Å²) in [7, 11) is 0. The van der Waals surface area contributed by atoms with E-state index in [4.69, 9.17) is 23.2 Å². The van der Waals surface area contributed by atoms with E-state index in [1.54, 1.807) is 16.8 Å². The lowest BCUT2D eigenvalue weighted by atomic mass is 10.2. The first-order valence-electron chi connectivity index (χ1n) is 5.01. The van der Waals surface area contributed by atoms with Crippen molar-refractivity contribution < 1.29 is 0 Å². The topological polar surface area (TPSA) is 30.2 Å². The zero-order valence-electron chi connectivity index (χ0n) is 8.64. The predicted molar refractivity (Wildman–Crippen MR) is 68.4 cm³/mol. The molecule has 0 unspecified atom stereocenters. The first-order valence-corrected chi connectivity index (χ1v) is 5.76. The first-order chi connectivity index (χ1) is 8.27. The highest BCUT2D eigenvalue weighted by atomic mass is 35.5. The fourth-order valence-corrected chi connectivity index (χ4v) is 2.21. The molecule has 0 N–H and O–H groups in total. The summed E-state index contributed by atoms with van der Waals surface area (Å²) in [4.78, 5) is 8.39. The maximum Gasteiger partial charge on any atom is 0.176 e. The van der Waals surface area contributed by atoms with E-state index in [1.807, 2.05) is 30.3 Å². The number of imidazole rings is 1. The Morgan fingerprint density at radius 3 is 2.59 bits per heavy atom. The number of fused-ring (bicyclic) bond motifs is 1. The molecule has 3 rings (SSSR count). The number of aromatic nitrogens is 3. The minimum absolute atomic E-state index is 0.346. The Hall–Kier alpha value is -1.58. The molecule has 0 saturated carbocycles. The van der Waals surface area contributed by atoms with Crippen molar-refractivity contribution in [2.45, 2.75) is 0 Å². The normalized spacial score (nSPS) is 10.9. The van der Waals surface area contributed by atoms with E-state index in [0.717, 1.165) is 5.56 Å². The third-order valence-electron chi connectivity index (χ3n) is 2.49. The van der Waals surface area contributed by atoms with Gasteiger partial charge in [0.15, 0.2) is 10.8 Å². The molecule has 3 aromatic rings. The Kier molecular flexibility index (Phi) is 2.50. The number of hydrogen-bond acceptors (Lipinski definition) is 2. The van der Waals surface area contributed by atoms with Crippen molar-refractivity contribution in [1.82, 2.24) is 14.4 Å². The summed E-state index contributed by atoms with van der Waals surface area (Å²) in [5.74, 6) is 0. The lowest BCUT2D eigenvalue weighted by Gasteiger charge is -2.06. The Morgan fingerprint density at radius 2 is 1.82 bits per heavy atom. The molecular weight excluding hydrogens is 257 g/mol. The maximum absolute atomic E-state index is 6.29. The van der Waals surface area contributed by atoms with Crippen LogP contribution in [0.4, 0.5) is 0 Å². The van der Waals surface area contributed by atoms with Crippen LogP contribution in [0.1, 0.15) is 0 Å². The molecule has 17 heavy (non-hydrogen) atoms. The van der Waals surface area contributed by atoms with Crippen molar-refractivity contribution in [2.24, 2.45) is 0 Å². The summed E-state index contributed by atoms with van der Waals surface area (Å²) < 4.78 is 1.72. The molecule has 0 amide bonds. The van der Waals surface area contributed by atoms with E-state index in [-0.39, 0.29) is 0 Å². The monoisotopic (exact) mass is 263 g/mol. The third-order valence-corrected chi connectivity index (χ3v) is 3.10. The molecule has 0 radical (unpaired) electrons. The van der Waals surface area contributed by atoms with Crippen LogP contribution in [0.25, 0.3) is 16.9 Å². The number of halogens is 2. The summed E-state index contributed by atoms with van der Waals surface area (Å²) in [6, 6.07) is 9.67. The Balaban J connectivity index is 2.34. The molecule has 1 aromatic carbocycles. The molecule has 84 valence electrons. The minimum atomic E-state index is 0.346. The molecule has 5 heteroatoms. The van der Waals surface area contributed by atoms with E-state index < -0.39 is 0 Å². The minimum Gasteiger partial charge on any atom is -0.286 e. The van der Waals surface area contributed by atoms with Gasteiger partial charge in [0.2, 0.25) is 0 Å². The highest BCUT2D eigenvalue weighted by Gasteiger charge is 2.13.